The van der Waals surface area contributed by atoms with Gasteiger partial charge in [-0.3, -0.25) is 5.01 Å². The third-order valence-corrected chi connectivity index (χ3v) is 3.60. The van der Waals surface area contributed by atoms with Crippen LogP contribution in [0.4, 0.5) is 5.69 Å². The average molecular weight is 382 g/mol. The summed E-state index contributed by atoms with van der Waals surface area (Å²) in [6.45, 7) is 0. The molecule has 0 amide bonds. The van der Waals surface area contributed by atoms with Crippen LogP contribution >= 0.6 is 22.6 Å². The molecule has 0 unspecified atom stereocenters. The summed E-state index contributed by atoms with van der Waals surface area (Å²) in [5.74, 6) is 0.599. The van der Waals surface area contributed by atoms with Gasteiger partial charge in [0, 0.05) is 7.05 Å². The fourth-order valence-electron chi connectivity index (χ4n) is 1.69. The standard InChI is InChI=1S/C15H15IN2O2/c1-18(12-6-4-3-5-7-12)17-10-11-8-13(16)15(19)14(9-11)20-2/h3-10,19H,1-2H3/b17-10+. The molecule has 0 spiro atoms. The van der Waals surface area contributed by atoms with Crippen molar-refractivity contribution in [2.45, 2.75) is 0 Å². The van der Waals surface area contributed by atoms with Gasteiger partial charge in [0.15, 0.2) is 11.5 Å². The summed E-state index contributed by atoms with van der Waals surface area (Å²) in [6.07, 6.45) is 1.73. The van der Waals surface area contributed by atoms with Crippen LogP contribution in [0.15, 0.2) is 47.6 Å². The predicted octanol–water partition coefficient (Wildman–Crippen LogP) is 3.48. The maximum atomic E-state index is 9.79. The molecule has 2 aromatic rings. The van der Waals surface area contributed by atoms with Gasteiger partial charge in [-0.25, -0.2) is 0 Å². The van der Waals surface area contributed by atoms with E-state index in [2.05, 4.69) is 27.7 Å². The fourth-order valence-corrected chi connectivity index (χ4v) is 2.31. The molecule has 20 heavy (non-hydrogen) atoms. The Morgan fingerprint density at radius 2 is 1.95 bits per heavy atom. The third kappa shape index (κ3) is 3.41. The van der Waals surface area contributed by atoms with Crippen LogP contribution in [0.25, 0.3) is 0 Å². The molecule has 1 N–H and O–H groups in total. The average Bonchev–Trinajstić information content (AvgIpc) is 2.48. The van der Waals surface area contributed by atoms with Gasteiger partial charge < -0.3 is 9.84 Å². The molecule has 2 rings (SSSR count). The van der Waals surface area contributed by atoms with Crippen molar-refractivity contribution >= 4 is 34.5 Å². The lowest BCUT2D eigenvalue weighted by Gasteiger charge is -2.12. The minimum Gasteiger partial charge on any atom is -0.504 e. The van der Waals surface area contributed by atoms with Gasteiger partial charge in [-0.15, -0.1) is 0 Å². The summed E-state index contributed by atoms with van der Waals surface area (Å²) in [7, 11) is 3.41. The molecule has 0 heterocycles. The lowest BCUT2D eigenvalue weighted by molar-refractivity contribution is 0.371. The number of phenolic OH excluding ortho intramolecular Hbond substituents is 1. The molecule has 0 saturated heterocycles. The van der Waals surface area contributed by atoms with Crippen LogP contribution < -0.4 is 9.75 Å². The van der Waals surface area contributed by atoms with Crippen molar-refractivity contribution in [1.82, 2.24) is 0 Å². The number of methoxy groups -OCH3 is 1. The van der Waals surface area contributed by atoms with Crippen LogP contribution in [0, 0.1) is 3.57 Å². The highest BCUT2D eigenvalue weighted by Crippen LogP contribution is 2.31. The first-order valence-corrected chi connectivity index (χ1v) is 7.09. The zero-order chi connectivity index (χ0) is 14.5. The van der Waals surface area contributed by atoms with Crippen LogP contribution in [0.1, 0.15) is 5.56 Å². The SMILES string of the molecule is COc1cc(/C=N/N(C)c2ccccc2)cc(I)c1O. The molecule has 0 aromatic heterocycles. The summed E-state index contributed by atoms with van der Waals surface area (Å²) in [4.78, 5) is 0. The molecular formula is C15H15IN2O2. The highest BCUT2D eigenvalue weighted by atomic mass is 127. The van der Waals surface area contributed by atoms with Gasteiger partial charge in [0.2, 0.25) is 0 Å². The molecule has 0 atom stereocenters. The zero-order valence-electron chi connectivity index (χ0n) is 11.2. The highest BCUT2D eigenvalue weighted by Gasteiger charge is 2.07. The minimum atomic E-state index is 0.154. The lowest BCUT2D eigenvalue weighted by atomic mass is 10.2. The number of aromatic hydroxyl groups is 1. The molecule has 0 radical (unpaired) electrons. The lowest BCUT2D eigenvalue weighted by Crippen LogP contribution is -2.08. The second-order valence-electron chi connectivity index (χ2n) is 4.16. The Balaban J connectivity index is 2.21. The minimum absolute atomic E-state index is 0.154. The van der Waals surface area contributed by atoms with E-state index in [0.717, 1.165) is 14.8 Å². The van der Waals surface area contributed by atoms with Gasteiger partial charge in [-0.05, 0) is 52.4 Å². The van der Waals surface area contributed by atoms with Gasteiger partial charge >= 0.3 is 0 Å². The Hall–Kier alpha value is -1.76. The Kier molecular flexibility index (Phi) is 4.84. The summed E-state index contributed by atoms with van der Waals surface area (Å²) < 4.78 is 5.86. The monoisotopic (exact) mass is 382 g/mol. The van der Waals surface area contributed by atoms with Crippen LogP contribution in [0.2, 0.25) is 0 Å². The number of nitrogens with zero attached hydrogens (tertiary/aromatic N) is 2. The van der Waals surface area contributed by atoms with Gasteiger partial charge in [-0.2, -0.15) is 5.10 Å². The second kappa shape index (κ2) is 6.60. The van der Waals surface area contributed by atoms with E-state index >= 15 is 0 Å². The normalized spacial score (nSPS) is 10.8. The van der Waals surface area contributed by atoms with Gasteiger partial charge in [-0.1, -0.05) is 18.2 Å². The molecule has 104 valence electrons. The number of rotatable bonds is 4. The number of phenols is 1. The summed E-state index contributed by atoms with van der Waals surface area (Å²) in [5.41, 5.74) is 1.87. The second-order valence-corrected chi connectivity index (χ2v) is 5.32. The molecule has 0 aliphatic heterocycles. The van der Waals surface area contributed by atoms with Crippen molar-refractivity contribution < 1.29 is 9.84 Å². The molecule has 5 heteroatoms. The number of hydrogen-bond donors (Lipinski definition) is 1. The zero-order valence-corrected chi connectivity index (χ0v) is 13.4. The molecule has 0 aliphatic rings. The van der Waals surface area contributed by atoms with Gasteiger partial charge in [0.25, 0.3) is 0 Å². The molecule has 0 saturated carbocycles. The molecule has 4 nitrogen and oxygen atoms in total. The van der Waals surface area contributed by atoms with Crippen LogP contribution in [-0.2, 0) is 0 Å². The number of hydrazone groups is 1. The first-order chi connectivity index (χ1) is 9.61. The van der Waals surface area contributed by atoms with E-state index < -0.39 is 0 Å². The Morgan fingerprint density at radius 1 is 1.25 bits per heavy atom. The summed E-state index contributed by atoms with van der Waals surface area (Å²) in [6, 6.07) is 13.5. The number of ether oxygens (including phenoxy) is 1. The Morgan fingerprint density at radius 3 is 2.60 bits per heavy atom. The van der Waals surface area contributed by atoms with Crippen molar-refractivity contribution in [3.63, 3.8) is 0 Å². The van der Waals surface area contributed by atoms with Crippen molar-refractivity contribution in [3.8, 4) is 11.5 Å². The van der Waals surface area contributed by atoms with E-state index in [1.807, 2.05) is 43.4 Å². The molecule has 0 bridgehead atoms. The third-order valence-electron chi connectivity index (χ3n) is 2.78. The number of anilines is 1. The van der Waals surface area contributed by atoms with E-state index in [9.17, 15) is 5.11 Å². The summed E-state index contributed by atoms with van der Waals surface area (Å²) >= 11 is 2.06. The number of hydrogen-bond acceptors (Lipinski definition) is 4. The first-order valence-electron chi connectivity index (χ1n) is 6.01. The van der Waals surface area contributed by atoms with Crippen LogP contribution in [0.5, 0.6) is 11.5 Å². The van der Waals surface area contributed by atoms with Crippen molar-refractivity contribution in [1.29, 1.82) is 0 Å². The number of para-hydroxylation sites is 1. The smallest absolute Gasteiger partial charge is 0.171 e. The number of halogens is 1. The van der Waals surface area contributed by atoms with E-state index in [0.29, 0.717) is 5.75 Å². The topological polar surface area (TPSA) is 45.1 Å². The Labute approximate surface area is 131 Å². The van der Waals surface area contributed by atoms with Crippen LogP contribution in [-0.4, -0.2) is 25.5 Å². The van der Waals surface area contributed by atoms with E-state index in [1.54, 1.807) is 17.3 Å². The van der Waals surface area contributed by atoms with E-state index in [1.165, 1.54) is 7.11 Å². The molecule has 2 aromatic carbocycles. The van der Waals surface area contributed by atoms with Crippen molar-refractivity contribution in [3.05, 3.63) is 51.6 Å². The maximum absolute atomic E-state index is 9.79. The number of benzene rings is 2. The first kappa shape index (κ1) is 14.6. The van der Waals surface area contributed by atoms with Gasteiger partial charge in [0.1, 0.15) is 0 Å². The summed E-state index contributed by atoms with van der Waals surface area (Å²) in [5, 5.41) is 16.0. The molecule has 0 fully saturated rings. The van der Waals surface area contributed by atoms with Gasteiger partial charge in [0.05, 0.1) is 22.6 Å². The maximum Gasteiger partial charge on any atom is 0.171 e. The van der Waals surface area contributed by atoms with Crippen molar-refractivity contribution in [2.75, 3.05) is 19.2 Å². The van der Waals surface area contributed by atoms with E-state index in [4.69, 9.17) is 4.74 Å². The Bertz CT molecular complexity index is 615. The van der Waals surface area contributed by atoms with Crippen LogP contribution in [0.3, 0.4) is 0 Å². The molecule has 0 aliphatic carbocycles. The van der Waals surface area contributed by atoms with Crippen molar-refractivity contribution in [2.24, 2.45) is 5.10 Å². The fraction of sp³-hybridized carbons (Fsp3) is 0.133. The van der Waals surface area contributed by atoms with E-state index in [-0.39, 0.29) is 5.75 Å². The quantitative estimate of drug-likeness (QED) is 0.501. The largest absolute Gasteiger partial charge is 0.504 e. The molecular weight excluding hydrogens is 367 g/mol. The highest BCUT2D eigenvalue weighted by molar-refractivity contribution is 14.1. The predicted molar refractivity (Wildman–Crippen MR) is 89.8 cm³/mol.